The molecule has 0 heterocycles. The predicted molar refractivity (Wildman–Crippen MR) is 67.1 cm³/mol. The van der Waals surface area contributed by atoms with E-state index in [9.17, 15) is 0 Å². The molecule has 0 aliphatic heterocycles. The molecule has 1 aromatic rings. The van der Waals surface area contributed by atoms with Crippen LogP contribution in [0.15, 0.2) is 22.4 Å². The zero-order chi connectivity index (χ0) is 13.5. The molecule has 0 saturated heterocycles. The fourth-order valence-corrected chi connectivity index (χ4v) is 1.47. The molecule has 0 saturated carbocycles. The molecule has 1 aromatic carbocycles. The van der Waals surface area contributed by atoms with Crippen LogP contribution in [0.4, 0.5) is 0 Å². The van der Waals surface area contributed by atoms with Gasteiger partial charge >= 0.3 is 0 Å². The molecule has 7 nitrogen and oxygen atoms in total. The van der Waals surface area contributed by atoms with E-state index in [1.807, 2.05) is 0 Å². The number of nitrogens with zero attached hydrogens (tertiary/aromatic N) is 2. The van der Waals surface area contributed by atoms with E-state index in [1.54, 1.807) is 12.1 Å². The topological polar surface area (TPSA) is 98.7 Å². The third-order valence-corrected chi connectivity index (χ3v) is 2.28. The summed E-state index contributed by atoms with van der Waals surface area (Å²) in [6.07, 6.45) is 1.11. The van der Waals surface area contributed by atoms with Gasteiger partial charge in [0.1, 0.15) is 5.71 Å². The molecule has 0 amide bonds. The predicted octanol–water partition coefficient (Wildman–Crippen LogP) is 0.835. The lowest BCUT2D eigenvalue weighted by Crippen LogP contribution is -2.07. The summed E-state index contributed by atoms with van der Waals surface area (Å²) in [4.78, 5) is 0. The SMILES string of the molecule is COc1cc(C(C=NO)=NN)cc(OC)c1OC. The van der Waals surface area contributed by atoms with Gasteiger partial charge in [0, 0.05) is 5.56 Å². The summed E-state index contributed by atoms with van der Waals surface area (Å²) in [5.74, 6) is 6.59. The second-order valence-corrected chi connectivity index (χ2v) is 3.17. The van der Waals surface area contributed by atoms with E-state index in [2.05, 4.69) is 10.3 Å². The van der Waals surface area contributed by atoms with Crippen LogP contribution in [0.1, 0.15) is 5.56 Å². The Hall–Kier alpha value is -2.44. The van der Waals surface area contributed by atoms with Crippen molar-refractivity contribution in [2.75, 3.05) is 21.3 Å². The Labute approximate surface area is 104 Å². The van der Waals surface area contributed by atoms with Crippen molar-refractivity contribution in [2.24, 2.45) is 16.1 Å². The number of nitrogens with two attached hydrogens (primary N) is 1. The lowest BCUT2D eigenvalue weighted by Gasteiger charge is -2.13. The summed E-state index contributed by atoms with van der Waals surface area (Å²) < 4.78 is 15.6. The van der Waals surface area contributed by atoms with Crippen LogP contribution in [0.2, 0.25) is 0 Å². The van der Waals surface area contributed by atoms with Gasteiger partial charge in [-0.1, -0.05) is 5.16 Å². The minimum atomic E-state index is 0.275. The van der Waals surface area contributed by atoms with Gasteiger partial charge in [0.15, 0.2) is 11.5 Å². The lowest BCUT2D eigenvalue weighted by atomic mass is 10.1. The Kier molecular flexibility index (Phi) is 4.79. The van der Waals surface area contributed by atoms with Crippen molar-refractivity contribution >= 4 is 11.9 Å². The number of hydrogen-bond donors (Lipinski definition) is 2. The second-order valence-electron chi connectivity index (χ2n) is 3.17. The highest BCUT2D eigenvalue weighted by Gasteiger charge is 2.15. The smallest absolute Gasteiger partial charge is 0.203 e. The Balaban J connectivity index is 3.39. The lowest BCUT2D eigenvalue weighted by molar-refractivity contribution is 0.322. The molecule has 0 aliphatic carbocycles. The number of benzene rings is 1. The van der Waals surface area contributed by atoms with Gasteiger partial charge in [0.25, 0.3) is 0 Å². The summed E-state index contributed by atoms with van der Waals surface area (Å²) in [5.41, 5.74) is 0.849. The van der Waals surface area contributed by atoms with Crippen LogP contribution in [0.3, 0.4) is 0 Å². The molecule has 0 fully saturated rings. The summed E-state index contributed by atoms with van der Waals surface area (Å²) in [6.45, 7) is 0. The maximum absolute atomic E-state index is 8.53. The van der Waals surface area contributed by atoms with Crippen LogP contribution in [0.5, 0.6) is 17.2 Å². The molecule has 1 rings (SSSR count). The Morgan fingerprint density at radius 1 is 1.17 bits per heavy atom. The van der Waals surface area contributed by atoms with Crippen molar-refractivity contribution in [3.8, 4) is 17.2 Å². The van der Waals surface area contributed by atoms with Crippen molar-refractivity contribution in [3.05, 3.63) is 17.7 Å². The first-order chi connectivity index (χ1) is 8.71. The molecule has 0 radical (unpaired) electrons. The Morgan fingerprint density at radius 3 is 2.06 bits per heavy atom. The van der Waals surface area contributed by atoms with E-state index in [0.717, 1.165) is 6.21 Å². The molecule has 0 unspecified atom stereocenters. The number of hydrogen-bond acceptors (Lipinski definition) is 7. The second kappa shape index (κ2) is 6.33. The maximum atomic E-state index is 8.53. The standard InChI is InChI=1S/C11H15N3O4/c1-16-9-4-7(8(14-12)6-13-15)5-10(17-2)11(9)18-3/h4-6,15H,12H2,1-3H3. The van der Waals surface area contributed by atoms with Gasteiger partial charge in [-0.05, 0) is 12.1 Å². The summed E-state index contributed by atoms with van der Waals surface area (Å²) in [5, 5.41) is 14.9. The molecule has 3 N–H and O–H groups in total. The molecule has 18 heavy (non-hydrogen) atoms. The number of oxime groups is 1. The van der Waals surface area contributed by atoms with Crippen molar-refractivity contribution < 1.29 is 19.4 Å². The van der Waals surface area contributed by atoms with E-state index in [4.69, 9.17) is 25.3 Å². The van der Waals surface area contributed by atoms with Crippen LogP contribution in [0, 0.1) is 0 Å². The van der Waals surface area contributed by atoms with Crippen LogP contribution < -0.4 is 20.1 Å². The van der Waals surface area contributed by atoms with Gasteiger partial charge in [-0.3, -0.25) is 0 Å². The van der Waals surface area contributed by atoms with Crippen LogP contribution in [-0.2, 0) is 0 Å². The summed E-state index contributed by atoms with van der Waals surface area (Å²) >= 11 is 0. The normalized spacial score (nSPS) is 11.6. The highest BCUT2D eigenvalue weighted by molar-refractivity contribution is 6.38. The molecule has 7 heteroatoms. The maximum Gasteiger partial charge on any atom is 0.203 e. The highest BCUT2D eigenvalue weighted by atomic mass is 16.5. The molecule has 0 aromatic heterocycles. The van der Waals surface area contributed by atoms with Crippen molar-refractivity contribution in [1.82, 2.24) is 0 Å². The van der Waals surface area contributed by atoms with E-state index in [-0.39, 0.29) is 5.71 Å². The van der Waals surface area contributed by atoms with Crippen LogP contribution in [0.25, 0.3) is 0 Å². The molecule has 98 valence electrons. The largest absolute Gasteiger partial charge is 0.493 e. The van der Waals surface area contributed by atoms with Crippen molar-refractivity contribution in [2.45, 2.75) is 0 Å². The quantitative estimate of drug-likeness (QED) is 0.350. The zero-order valence-electron chi connectivity index (χ0n) is 10.4. The fraction of sp³-hybridized carbons (Fsp3) is 0.273. The van der Waals surface area contributed by atoms with Crippen molar-refractivity contribution in [3.63, 3.8) is 0 Å². The van der Waals surface area contributed by atoms with Gasteiger partial charge in [-0.25, -0.2) is 0 Å². The third-order valence-electron chi connectivity index (χ3n) is 2.28. The summed E-state index contributed by atoms with van der Waals surface area (Å²) in [7, 11) is 4.51. The van der Waals surface area contributed by atoms with Gasteiger partial charge in [-0.2, -0.15) is 5.10 Å². The van der Waals surface area contributed by atoms with E-state index in [1.165, 1.54) is 21.3 Å². The number of methoxy groups -OCH3 is 3. The van der Waals surface area contributed by atoms with Gasteiger partial charge in [-0.15, -0.1) is 0 Å². The van der Waals surface area contributed by atoms with Crippen molar-refractivity contribution in [1.29, 1.82) is 0 Å². The van der Waals surface area contributed by atoms with Gasteiger partial charge < -0.3 is 25.3 Å². The molecule has 0 aliphatic rings. The molecule has 0 bridgehead atoms. The first-order valence-corrected chi connectivity index (χ1v) is 4.97. The Bertz CT molecular complexity index is 446. The summed E-state index contributed by atoms with van der Waals surface area (Å²) in [6, 6.07) is 3.30. The molecular weight excluding hydrogens is 238 g/mol. The first-order valence-electron chi connectivity index (χ1n) is 4.97. The van der Waals surface area contributed by atoms with Crippen LogP contribution >= 0.6 is 0 Å². The number of rotatable bonds is 5. The van der Waals surface area contributed by atoms with Gasteiger partial charge in [0.2, 0.25) is 5.75 Å². The number of hydrazone groups is 1. The van der Waals surface area contributed by atoms with E-state index >= 15 is 0 Å². The average molecular weight is 253 g/mol. The average Bonchev–Trinajstić information content (AvgIpc) is 2.42. The van der Waals surface area contributed by atoms with Crippen LogP contribution in [-0.4, -0.2) is 38.5 Å². The van der Waals surface area contributed by atoms with Gasteiger partial charge in [0.05, 0.1) is 27.5 Å². The molecule has 0 atom stereocenters. The minimum Gasteiger partial charge on any atom is -0.493 e. The molecular formula is C11H15N3O4. The monoisotopic (exact) mass is 253 g/mol. The highest BCUT2D eigenvalue weighted by Crippen LogP contribution is 2.38. The van der Waals surface area contributed by atoms with E-state index < -0.39 is 0 Å². The number of ether oxygens (including phenoxy) is 3. The van der Waals surface area contributed by atoms with E-state index in [0.29, 0.717) is 22.8 Å². The first kappa shape index (κ1) is 13.6. The zero-order valence-corrected chi connectivity index (χ0v) is 10.4. The third kappa shape index (κ3) is 2.62. The fourth-order valence-electron chi connectivity index (χ4n) is 1.47. The molecule has 0 spiro atoms. The minimum absolute atomic E-state index is 0.275. The Morgan fingerprint density at radius 2 is 1.72 bits per heavy atom.